The fraction of sp³-hybridized carbons (Fsp3) is 0.900. The molecule has 0 bridgehead atoms. The SMILES string of the molecule is CCCCCCCC/C=C\CCCCCCCC(=O)OC(COC(=O)CCCCCCCCCCCCC)COP(=O)(O)OCC(CO)OC(=O)CCCCCCCCCCC. The van der Waals surface area contributed by atoms with Crippen LogP contribution in [-0.2, 0) is 42.2 Å². The van der Waals surface area contributed by atoms with Crippen molar-refractivity contribution in [2.75, 3.05) is 26.4 Å². The highest BCUT2D eigenvalue weighted by atomic mass is 31.2. The Labute approximate surface area is 379 Å². The molecule has 0 radical (unpaired) electrons. The van der Waals surface area contributed by atoms with Gasteiger partial charge < -0.3 is 24.2 Å². The van der Waals surface area contributed by atoms with Gasteiger partial charge in [0.25, 0.3) is 0 Å². The lowest BCUT2D eigenvalue weighted by Crippen LogP contribution is -2.30. The highest BCUT2D eigenvalue weighted by Gasteiger charge is 2.28. The van der Waals surface area contributed by atoms with Gasteiger partial charge in [-0.05, 0) is 44.9 Å². The molecular formula is C50H95O11P. The first-order valence-electron chi connectivity index (χ1n) is 25.6. The van der Waals surface area contributed by atoms with Crippen molar-refractivity contribution in [3.63, 3.8) is 0 Å². The predicted octanol–water partition coefficient (Wildman–Crippen LogP) is 14.1. The number of carbonyl (C=O) groups is 3. The van der Waals surface area contributed by atoms with E-state index < -0.39 is 57.8 Å². The van der Waals surface area contributed by atoms with Gasteiger partial charge in [0.15, 0.2) is 6.10 Å². The molecule has 0 aliphatic rings. The molecule has 2 N–H and O–H groups in total. The maximum atomic E-state index is 12.8. The number of hydrogen-bond acceptors (Lipinski definition) is 10. The summed E-state index contributed by atoms with van der Waals surface area (Å²) in [5.74, 6) is -1.46. The largest absolute Gasteiger partial charge is 0.472 e. The summed E-state index contributed by atoms with van der Waals surface area (Å²) in [6.45, 7) is 4.61. The lowest BCUT2D eigenvalue weighted by atomic mass is 10.1. The third kappa shape index (κ3) is 43.5. The minimum absolute atomic E-state index is 0.164. The van der Waals surface area contributed by atoms with Crippen LogP contribution in [0.2, 0.25) is 0 Å². The third-order valence-corrected chi connectivity index (χ3v) is 12.1. The van der Waals surface area contributed by atoms with Crippen LogP contribution in [0.15, 0.2) is 12.2 Å². The summed E-state index contributed by atoms with van der Waals surface area (Å²) in [5, 5.41) is 9.73. The zero-order chi connectivity index (χ0) is 45.6. The number of esters is 3. The molecule has 11 nitrogen and oxygen atoms in total. The molecule has 0 fully saturated rings. The van der Waals surface area contributed by atoms with Crippen molar-refractivity contribution in [2.45, 2.75) is 264 Å². The molecular weight excluding hydrogens is 808 g/mol. The van der Waals surface area contributed by atoms with Gasteiger partial charge in [-0.3, -0.25) is 23.4 Å². The lowest BCUT2D eigenvalue weighted by molar-refractivity contribution is -0.161. The normalized spacial score (nSPS) is 13.6. The van der Waals surface area contributed by atoms with Gasteiger partial charge in [0, 0.05) is 19.3 Å². The number of phosphoric ester groups is 1. The quantitative estimate of drug-likeness (QED) is 0.0197. The van der Waals surface area contributed by atoms with Crippen LogP contribution in [0, 0.1) is 0 Å². The van der Waals surface area contributed by atoms with Crippen molar-refractivity contribution in [3.8, 4) is 0 Å². The van der Waals surface area contributed by atoms with Crippen molar-refractivity contribution in [1.82, 2.24) is 0 Å². The van der Waals surface area contributed by atoms with Crippen molar-refractivity contribution >= 4 is 25.7 Å². The fourth-order valence-corrected chi connectivity index (χ4v) is 8.02. The minimum Gasteiger partial charge on any atom is -0.462 e. The maximum absolute atomic E-state index is 12.8. The molecule has 0 aromatic heterocycles. The van der Waals surface area contributed by atoms with E-state index in [-0.39, 0.29) is 25.9 Å². The van der Waals surface area contributed by atoms with Crippen LogP contribution in [0.1, 0.15) is 252 Å². The number of phosphoric acid groups is 1. The van der Waals surface area contributed by atoms with Crippen LogP contribution in [0.25, 0.3) is 0 Å². The molecule has 0 heterocycles. The lowest BCUT2D eigenvalue weighted by Gasteiger charge is -2.21. The molecule has 12 heteroatoms. The zero-order valence-corrected chi connectivity index (χ0v) is 41.0. The summed E-state index contributed by atoms with van der Waals surface area (Å²) in [6, 6.07) is 0. The Morgan fingerprint density at radius 3 is 1.11 bits per heavy atom. The molecule has 62 heavy (non-hydrogen) atoms. The number of allylic oxidation sites excluding steroid dienone is 2. The topological polar surface area (TPSA) is 155 Å². The van der Waals surface area contributed by atoms with Crippen LogP contribution in [-0.4, -0.2) is 66.5 Å². The van der Waals surface area contributed by atoms with Crippen molar-refractivity contribution in [3.05, 3.63) is 12.2 Å². The maximum Gasteiger partial charge on any atom is 0.472 e. The molecule has 0 amide bonds. The van der Waals surface area contributed by atoms with Crippen LogP contribution < -0.4 is 0 Å². The Kier molecular flexibility index (Phi) is 44.5. The molecule has 0 aromatic rings. The smallest absolute Gasteiger partial charge is 0.462 e. The van der Waals surface area contributed by atoms with Crippen molar-refractivity contribution in [1.29, 1.82) is 0 Å². The molecule has 0 saturated heterocycles. The van der Waals surface area contributed by atoms with Gasteiger partial charge in [-0.1, -0.05) is 200 Å². The van der Waals surface area contributed by atoms with Crippen LogP contribution >= 0.6 is 7.82 Å². The summed E-state index contributed by atoms with van der Waals surface area (Å²) in [6.07, 6.45) is 40.4. The number of ether oxygens (including phenoxy) is 3. The van der Waals surface area contributed by atoms with Gasteiger partial charge in [0.2, 0.25) is 0 Å². The number of aliphatic hydroxyl groups is 1. The third-order valence-electron chi connectivity index (χ3n) is 11.2. The molecule has 0 aliphatic carbocycles. The molecule has 0 spiro atoms. The van der Waals surface area contributed by atoms with E-state index >= 15 is 0 Å². The Hall–Kier alpha value is -1.78. The number of aliphatic hydroxyl groups excluding tert-OH is 1. The minimum atomic E-state index is -4.73. The monoisotopic (exact) mass is 903 g/mol. The van der Waals surface area contributed by atoms with Gasteiger partial charge in [-0.15, -0.1) is 0 Å². The number of hydrogen-bond donors (Lipinski definition) is 2. The van der Waals surface area contributed by atoms with Gasteiger partial charge >= 0.3 is 25.7 Å². The van der Waals surface area contributed by atoms with E-state index in [1.54, 1.807) is 0 Å². The molecule has 3 unspecified atom stereocenters. The molecule has 0 aliphatic heterocycles. The molecule has 3 atom stereocenters. The second kappa shape index (κ2) is 45.8. The Balaban J connectivity index is 4.73. The summed E-state index contributed by atoms with van der Waals surface area (Å²) in [5.41, 5.74) is 0. The van der Waals surface area contributed by atoms with Crippen LogP contribution in [0.5, 0.6) is 0 Å². The van der Waals surface area contributed by atoms with Gasteiger partial charge in [0.1, 0.15) is 12.7 Å². The first kappa shape index (κ1) is 60.2. The highest BCUT2D eigenvalue weighted by Crippen LogP contribution is 2.43. The molecule has 0 saturated carbocycles. The van der Waals surface area contributed by atoms with Crippen molar-refractivity contribution in [2.24, 2.45) is 0 Å². The molecule has 0 aromatic carbocycles. The van der Waals surface area contributed by atoms with E-state index in [4.69, 9.17) is 23.3 Å². The van der Waals surface area contributed by atoms with E-state index in [9.17, 15) is 28.9 Å². The average Bonchev–Trinajstić information content (AvgIpc) is 3.25. The Morgan fingerprint density at radius 2 is 0.742 bits per heavy atom. The van der Waals surface area contributed by atoms with E-state index in [2.05, 4.69) is 32.9 Å². The van der Waals surface area contributed by atoms with E-state index in [0.29, 0.717) is 19.3 Å². The van der Waals surface area contributed by atoms with Gasteiger partial charge in [0.05, 0.1) is 19.8 Å². The Morgan fingerprint density at radius 1 is 0.435 bits per heavy atom. The molecule has 0 rings (SSSR count). The van der Waals surface area contributed by atoms with Crippen LogP contribution in [0.4, 0.5) is 0 Å². The van der Waals surface area contributed by atoms with Gasteiger partial charge in [-0.2, -0.15) is 0 Å². The summed E-state index contributed by atoms with van der Waals surface area (Å²) < 4.78 is 39.2. The number of rotatable bonds is 48. The number of unbranched alkanes of at least 4 members (excludes halogenated alkanes) is 29. The van der Waals surface area contributed by atoms with Crippen molar-refractivity contribution < 1.29 is 52.2 Å². The predicted molar refractivity (Wildman–Crippen MR) is 252 cm³/mol. The summed E-state index contributed by atoms with van der Waals surface area (Å²) in [4.78, 5) is 48.1. The first-order chi connectivity index (χ1) is 30.2. The van der Waals surface area contributed by atoms with E-state index in [1.165, 1.54) is 116 Å². The highest BCUT2D eigenvalue weighted by molar-refractivity contribution is 7.47. The Bertz CT molecular complexity index is 1100. The van der Waals surface area contributed by atoms with Gasteiger partial charge in [-0.25, -0.2) is 4.57 Å². The molecule has 366 valence electrons. The summed E-state index contributed by atoms with van der Waals surface area (Å²) >= 11 is 0. The van der Waals surface area contributed by atoms with E-state index in [0.717, 1.165) is 77.0 Å². The first-order valence-corrected chi connectivity index (χ1v) is 27.1. The fourth-order valence-electron chi connectivity index (χ4n) is 7.23. The van der Waals surface area contributed by atoms with Crippen LogP contribution in [0.3, 0.4) is 0 Å². The average molecular weight is 903 g/mol. The second-order valence-electron chi connectivity index (χ2n) is 17.3. The summed E-state index contributed by atoms with van der Waals surface area (Å²) in [7, 11) is -4.73. The number of carbonyl (C=O) groups excluding carboxylic acids is 3. The van der Waals surface area contributed by atoms with E-state index in [1.807, 2.05) is 0 Å². The zero-order valence-electron chi connectivity index (χ0n) is 40.1. The standard InChI is InChI=1S/C50H95O11P/c1-4-7-10-13-16-19-21-22-23-24-26-29-32-35-38-41-50(54)61-47(43-57-48(52)39-36-33-30-28-25-20-17-14-11-8-5-2)45-59-62(55,56)58-44-46(42-51)60-49(53)40-37-34-31-27-18-15-12-9-6-3/h22-23,46-47,51H,4-21,24-45H2,1-3H3,(H,55,56)/b23-22-. The second-order valence-corrected chi connectivity index (χ2v) is 18.8.